The van der Waals surface area contributed by atoms with Crippen molar-refractivity contribution >= 4 is 11.9 Å². The Balaban J connectivity index is 1.32. The van der Waals surface area contributed by atoms with Crippen LogP contribution in [0.25, 0.3) is 10.4 Å². The molecule has 0 aromatic heterocycles. The van der Waals surface area contributed by atoms with Gasteiger partial charge >= 0.3 is 11.9 Å². The van der Waals surface area contributed by atoms with Crippen LogP contribution in [0.2, 0.25) is 0 Å². The van der Waals surface area contributed by atoms with E-state index in [1.54, 1.807) is 0 Å². The van der Waals surface area contributed by atoms with Crippen LogP contribution in [0.5, 0.6) is 0 Å². The molecule has 4 aromatic rings. The lowest BCUT2D eigenvalue weighted by Gasteiger charge is -2.46. The van der Waals surface area contributed by atoms with Gasteiger partial charge in [0, 0.05) is 18.9 Å². The number of benzene rings is 4. The molecule has 2 fully saturated rings. The van der Waals surface area contributed by atoms with E-state index in [4.69, 9.17) is 47.4 Å². The molecule has 15 heteroatoms. The maximum atomic E-state index is 13.2. The van der Waals surface area contributed by atoms with Crippen LogP contribution in [0.3, 0.4) is 0 Å². The van der Waals surface area contributed by atoms with Crippen molar-refractivity contribution in [3.63, 3.8) is 0 Å². The van der Waals surface area contributed by atoms with Crippen molar-refractivity contribution in [1.29, 1.82) is 0 Å². The van der Waals surface area contributed by atoms with Crippen LogP contribution in [-0.4, -0.2) is 94.1 Å². The molecule has 0 N–H and O–H groups in total. The van der Waals surface area contributed by atoms with Gasteiger partial charge in [-0.25, -0.2) is 4.79 Å². The van der Waals surface area contributed by atoms with Gasteiger partial charge in [-0.15, -0.1) is 0 Å². The highest BCUT2D eigenvalue weighted by molar-refractivity contribution is 5.76. The van der Waals surface area contributed by atoms with Gasteiger partial charge in [0.05, 0.1) is 40.1 Å². The largest absolute Gasteiger partial charge is 0.467 e. The zero-order valence-corrected chi connectivity index (χ0v) is 33.1. The van der Waals surface area contributed by atoms with Gasteiger partial charge in [-0.2, -0.15) is 0 Å². The molecule has 0 radical (unpaired) electrons. The first-order chi connectivity index (χ1) is 28.9. The fraction of sp³-hybridized carbons (Fsp3) is 0.409. The highest BCUT2D eigenvalue weighted by Gasteiger charge is 2.54. The number of nitrogens with zero attached hydrogens (tertiary/aromatic N) is 3. The van der Waals surface area contributed by atoms with Crippen molar-refractivity contribution in [1.82, 2.24) is 0 Å². The van der Waals surface area contributed by atoms with E-state index in [1.807, 2.05) is 121 Å². The number of carbonyl (C=O) groups is 2. The van der Waals surface area contributed by atoms with E-state index in [0.717, 1.165) is 22.3 Å². The summed E-state index contributed by atoms with van der Waals surface area (Å²) in [6, 6.07) is 37.0. The Bertz CT molecular complexity index is 1920. The first-order valence-electron chi connectivity index (χ1n) is 19.2. The number of methoxy groups -OCH3 is 2. The van der Waals surface area contributed by atoms with E-state index < -0.39 is 73.3 Å². The zero-order valence-electron chi connectivity index (χ0n) is 33.1. The van der Waals surface area contributed by atoms with Gasteiger partial charge in [0.1, 0.15) is 36.6 Å². The molecule has 2 aliphatic rings. The molecule has 0 aliphatic carbocycles. The van der Waals surface area contributed by atoms with E-state index in [-0.39, 0.29) is 33.0 Å². The molecule has 2 saturated heterocycles. The third kappa shape index (κ3) is 12.0. The summed E-state index contributed by atoms with van der Waals surface area (Å²) < 4.78 is 61.9. The molecule has 2 heterocycles. The van der Waals surface area contributed by atoms with Crippen LogP contribution in [0.4, 0.5) is 0 Å². The highest BCUT2D eigenvalue weighted by Crippen LogP contribution is 2.34. The molecule has 6 rings (SSSR count). The quantitative estimate of drug-likeness (QED) is 0.0453. The van der Waals surface area contributed by atoms with Crippen molar-refractivity contribution in [3.8, 4) is 0 Å². The standard InChI is InChI=1S/C44H49N3O12/c1-29(48)57-39-37(53-25-31-18-10-5-11-19-31)35(46-47-45)43(59-40(39)42(49)50-2)56-28-34-36(52-24-30-16-8-4-9-17-30)38(54-26-32-20-12-6-13-21-32)41(44(51-3)58-34)55-27-33-22-14-7-15-23-33/h4-23,34-41,43-44H,24-28H2,1-3H3/t34-,35-,36-,37-,38+,39+,40+,41-,43-,44+/m1/s1. The molecular weight excluding hydrogens is 762 g/mol. The van der Waals surface area contributed by atoms with Crippen molar-refractivity contribution in [3.05, 3.63) is 154 Å². The van der Waals surface area contributed by atoms with E-state index in [1.165, 1.54) is 21.1 Å². The van der Waals surface area contributed by atoms with E-state index >= 15 is 0 Å². The third-order valence-corrected chi connectivity index (χ3v) is 9.83. The van der Waals surface area contributed by atoms with E-state index in [9.17, 15) is 15.1 Å². The van der Waals surface area contributed by atoms with Gasteiger partial charge in [-0.3, -0.25) is 4.79 Å². The molecular formula is C44H49N3O12. The predicted octanol–water partition coefficient (Wildman–Crippen LogP) is 6.22. The van der Waals surface area contributed by atoms with E-state index in [0.29, 0.717) is 0 Å². The first kappa shape index (κ1) is 43.4. The number of ether oxygens (including phenoxy) is 10. The van der Waals surface area contributed by atoms with Gasteiger partial charge < -0.3 is 47.4 Å². The van der Waals surface area contributed by atoms with E-state index in [2.05, 4.69) is 10.0 Å². The Hall–Kier alpha value is -5.19. The first-order valence-corrected chi connectivity index (χ1v) is 19.2. The van der Waals surface area contributed by atoms with Crippen LogP contribution >= 0.6 is 0 Å². The maximum Gasteiger partial charge on any atom is 0.339 e. The summed E-state index contributed by atoms with van der Waals surface area (Å²) in [5.41, 5.74) is 13.3. The highest BCUT2D eigenvalue weighted by atomic mass is 16.7. The summed E-state index contributed by atoms with van der Waals surface area (Å²) in [4.78, 5) is 28.7. The lowest BCUT2D eigenvalue weighted by atomic mass is 9.96. The van der Waals surface area contributed by atoms with Crippen molar-refractivity contribution in [2.45, 2.75) is 94.7 Å². The average Bonchev–Trinajstić information content (AvgIpc) is 3.27. The van der Waals surface area contributed by atoms with Crippen LogP contribution < -0.4 is 0 Å². The third-order valence-electron chi connectivity index (χ3n) is 9.83. The summed E-state index contributed by atoms with van der Waals surface area (Å²) >= 11 is 0. The predicted molar refractivity (Wildman–Crippen MR) is 211 cm³/mol. The molecule has 4 aromatic carbocycles. The number of rotatable bonds is 19. The molecule has 0 spiro atoms. The number of hydrogen-bond acceptors (Lipinski definition) is 13. The lowest BCUT2D eigenvalue weighted by molar-refractivity contribution is -0.333. The van der Waals surface area contributed by atoms with Crippen molar-refractivity contribution < 1.29 is 57.0 Å². The Morgan fingerprint density at radius 1 is 0.593 bits per heavy atom. The minimum absolute atomic E-state index is 0.0167. The smallest absolute Gasteiger partial charge is 0.339 e. The minimum Gasteiger partial charge on any atom is -0.467 e. The van der Waals surface area contributed by atoms with Crippen LogP contribution in [0.1, 0.15) is 29.2 Å². The van der Waals surface area contributed by atoms with Gasteiger partial charge in [0.15, 0.2) is 24.8 Å². The molecule has 2 aliphatic heterocycles. The van der Waals surface area contributed by atoms with Crippen LogP contribution in [0, 0.1) is 0 Å². The summed E-state index contributed by atoms with van der Waals surface area (Å²) in [7, 11) is 2.68. The second kappa shape index (κ2) is 22.3. The van der Waals surface area contributed by atoms with Crippen LogP contribution in [-0.2, 0) is 83.4 Å². The fourth-order valence-corrected chi connectivity index (χ4v) is 6.99. The second-order valence-electron chi connectivity index (χ2n) is 13.9. The van der Waals surface area contributed by atoms with Gasteiger partial charge in [0.2, 0.25) is 0 Å². The lowest BCUT2D eigenvalue weighted by Crippen LogP contribution is -2.64. The minimum atomic E-state index is -1.51. The summed E-state index contributed by atoms with van der Waals surface area (Å²) in [5.74, 6) is -1.58. The van der Waals surface area contributed by atoms with Gasteiger partial charge in [-0.05, 0) is 27.8 Å². The molecule has 312 valence electrons. The fourth-order valence-electron chi connectivity index (χ4n) is 6.99. The van der Waals surface area contributed by atoms with Crippen LogP contribution in [0.15, 0.2) is 126 Å². The summed E-state index contributed by atoms with van der Waals surface area (Å²) in [6.07, 6.45) is -9.73. The summed E-state index contributed by atoms with van der Waals surface area (Å²) in [6.45, 7) is 1.60. The average molecular weight is 812 g/mol. The normalized spacial score (nSPS) is 26.6. The number of esters is 2. The zero-order chi connectivity index (χ0) is 41.4. The Kier molecular flexibility index (Phi) is 16.4. The Labute approximate surface area is 342 Å². The Morgan fingerprint density at radius 2 is 1.05 bits per heavy atom. The van der Waals surface area contributed by atoms with Gasteiger partial charge in [0.25, 0.3) is 0 Å². The molecule has 0 saturated carbocycles. The molecule has 15 nitrogen and oxygen atoms in total. The van der Waals surface area contributed by atoms with Crippen molar-refractivity contribution in [2.24, 2.45) is 5.11 Å². The Morgan fingerprint density at radius 3 is 1.49 bits per heavy atom. The monoisotopic (exact) mass is 811 g/mol. The second-order valence-corrected chi connectivity index (χ2v) is 13.9. The van der Waals surface area contributed by atoms with Crippen molar-refractivity contribution in [2.75, 3.05) is 20.8 Å². The maximum absolute atomic E-state index is 13.2. The molecule has 59 heavy (non-hydrogen) atoms. The molecule has 10 atom stereocenters. The molecule has 0 unspecified atom stereocenters. The number of hydrogen-bond donors (Lipinski definition) is 0. The topological polar surface area (TPSA) is 175 Å². The SMILES string of the molecule is COC(=O)[C@H]1O[C@@H](OC[C@H]2O[C@H](OC)[C@H](OCc3ccccc3)[C@@H](OCc3ccccc3)[C@@H]2OCc2ccccc2)[C@H](N=[N+]=[N-])[C@@H](OCc2ccccc2)[C@@H]1OC(C)=O. The summed E-state index contributed by atoms with van der Waals surface area (Å²) in [5, 5.41) is 3.99. The number of azide groups is 1. The number of carbonyl (C=O) groups excluding carboxylic acids is 2. The molecule has 0 bridgehead atoms. The molecule has 0 amide bonds. The van der Waals surface area contributed by atoms with Gasteiger partial charge in [-0.1, -0.05) is 126 Å².